The van der Waals surface area contributed by atoms with E-state index in [2.05, 4.69) is 15.5 Å². The van der Waals surface area contributed by atoms with Gasteiger partial charge in [0.25, 0.3) is 0 Å². The van der Waals surface area contributed by atoms with E-state index in [1.54, 1.807) is 0 Å². The molecule has 4 heteroatoms. The molecule has 0 radical (unpaired) electrons. The summed E-state index contributed by atoms with van der Waals surface area (Å²) in [5.41, 5.74) is 0.966. The monoisotopic (exact) mass is 209 g/mol. The van der Waals surface area contributed by atoms with Crippen LogP contribution in [0.5, 0.6) is 0 Å². The van der Waals surface area contributed by atoms with Crippen LogP contribution in [0.15, 0.2) is 12.1 Å². The zero-order chi connectivity index (χ0) is 9.80. The summed E-state index contributed by atoms with van der Waals surface area (Å²) < 4.78 is 0. The van der Waals surface area contributed by atoms with Crippen LogP contribution in [0.2, 0.25) is 0 Å². The summed E-state index contributed by atoms with van der Waals surface area (Å²) in [6, 6.07) is 4.57. The van der Waals surface area contributed by atoms with Crippen molar-refractivity contribution in [3.63, 3.8) is 0 Å². The van der Waals surface area contributed by atoms with Gasteiger partial charge in [0.05, 0.1) is 5.69 Å². The van der Waals surface area contributed by atoms with Gasteiger partial charge in [-0.15, -0.1) is 5.10 Å². The largest absolute Gasteiger partial charge is 0.365 e. The summed E-state index contributed by atoms with van der Waals surface area (Å²) in [6.07, 6.45) is 2.56. The van der Waals surface area contributed by atoms with Gasteiger partial charge < -0.3 is 5.32 Å². The van der Waals surface area contributed by atoms with Crippen molar-refractivity contribution in [2.24, 2.45) is 0 Å². The number of aromatic nitrogens is 2. The molecule has 0 spiro atoms. The normalized spacial score (nSPS) is 21.9. The van der Waals surface area contributed by atoms with Crippen molar-refractivity contribution in [1.29, 1.82) is 0 Å². The van der Waals surface area contributed by atoms with E-state index >= 15 is 0 Å². The first-order chi connectivity index (χ1) is 6.84. The molecule has 1 fully saturated rings. The zero-order valence-corrected chi connectivity index (χ0v) is 9.18. The SMILES string of the molecule is Cc1ccc(NC2CCCSC2)nn1. The Kier molecular flexibility index (Phi) is 3.24. The van der Waals surface area contributed by atoms with Gasteiger partial charge >= 0.3 is 0 Å². The van der Waals surface area contributed by atoms with E-state index in [-0.39, 0.29) is 0 Å². The van der Waals surface area contributed by atoms with Gasteiger partial charge in [0, 0.05) is 11.8 Å². The van der Waals surface area contributed by atoms with E-state index in [0.29, 0.717) is 6.04 Å². The fraction of sp³-hybridized carbons (Fsp3) is 0.600. The predicted molar refractivity (Wildman–Crippen MR) is 60.7 cm³/mol. The van der Waals surface area contributed by atoms with Crippen LogP contribution in [0.1, 0.15) is 18.5 Å². The molecular weight excluding hydrogens is 194 g/mol. The number of anilines is 1. The number of nitrogens with one attached hydrogen (secondary N) is 1. The first-order valence-electron chi connectivity index (χ1n) is 4.99. The summed E-state index contributed by atoms with van der Waals surface area (Å²) in [6.45, 7) is 1.95. The lowest BCUT2D eigenvalue weighted by Gasteiger charge is -2.22. The summed E-state index contributed by atoms with van der Waals surface area (Å²) >= 11 is 2.01. The molecule has 76 valence electrons. The quantitative estimate of drug-likeness (QED) is 0.809. The molecule has 2 rings (SSSR count). The fourth-order valence-electron chi connectivity index (χ4n) is 1.54. The van der Waals surface area contributed by atoms with E-state index < -0.39 is 0 Å². The molecule has 2 heterocycles. The number of nitrogens with zero attached hydrogens (tertiary/aromatic N) is 2. The van der Waals surface area contributed by atoms with Crippen LogP contribution in [0.25, 0.3) is 0 Å². The minimum Gasteiger partial charge on any atom is -0.365 e. The van der Waals surface area contributed by atoms with Crippen LogP contribution < -0.4 is 5.32 Å². The molecule has 1 N–H and O–H groups in total. The zero-order valence-electron chi connectivity index (χ0n) is 8.36. The number of rotatable bonds is 2. The molecule has 1 saturated heterocycles. The van der Waals surface area contributed by atoms with Crippen molar-refractivity contribution in [3.05, 3.63) is 17.8 Å². The Morgan fingerprint density at radius 1 is 1.43 bits per heavy atom. The Morgan fingerprint density at radius 2 is 2.36 bits per heavy atom. The standard InChI is InChI=1S/C10H15N3S/c1-8-4-5-10(13-12-8)11-9-3-2-6-14-7-9/h4-5,9H,2-3,6-7H2,1H3,(H,11,13). The highest BCUT2D eigenvalue weighted by Gasteiger charge is 2.13. The van der Waals surface area contributed by atoms with Gasteiger partial charge in [-0.25, -0.2) is 0 Å². The van der Waals surface area contributed by atoms with E-state index in [4.69, 9.17) is 0 Å². The maximum atomic E-state index is 4.10. The third-order valence-corrected chi connectivity index (χ3v) is 3.53. The smallest absolute Gasteiger partial charge is 0.148 e. The fourth-order valence-corrected chi connectivity index (χ4v) is 2.61. The molecule has 1 aromatic heterocycles. The summed E-state index contributed by atoms with van der Waals surface area (Å²) in [5.74, 6) is 3.40. The van der Waals surface area contributed by atoms with E-state index in [1.807, 2.05) is 30.8 Å². The molecule has 1 unspecified atom stereocenters. The molecule has 0 amide bonds. The maximum absolute atomic E-state index is 4.10. The number of thioether (sulfide) groups is 1. The molecule has 3 nitrogen and oxygen atoms in total. The number of hydrogen-bond acceptors (Lipinski definition) is 4. The van der Waals surface area contributed by atoms with Crippen LogP contribution in [-0.4, -0.2) is 27.7 Å². The summed E-state index contributed by atoms with van der Waals surface area (Å²) in [7, 11) is 0. The van der Waals surface area contributed by atoms with Crippen molar-refractivity contribution < 1.29 is 0 Å². The molecule has 1 atom stereocenters. The maximum Gasteiger partial charge on any atom is 0.148 e. The van der Waals surface area contributed by atoms with E-state index in [1.165, 1.54) is 24.3 Å². The van der Waals surface area contributed by atoms with Crippen molar-refractivity contribution in [1.82, 2.24) is 10.2 Å². The number of aryl methyl sites for hydroxylation is 1. The first-order valence-corrected chi connectivity index (χ1v) is 6.15. The van der Waals surface area contributed by atoms with Gasteiger partial charge in [0.1, 0.15) is 5.82 Å². The highest BCUT2D eigenvalue weighted by Crippen LogP contribution is 2.19. The van der Waals surface area contributed by atoms with E-state index in [9.17, 15) is 0 Å². The van der Waals surface area contributed by atoms with Crippen LogP contribution >= 0.6 is 11.8 Å². The van der Waals surface area contributed by atoms with Crippen LogP contribution in [0.4, 0.5) is 5.82 Å². The Labute approximate surface area is 88.7 Å². The Hall–Kier alpha value is -0.770. The average molecular weight is 209 g/mol. The topological polar surface area (TPSA) is 37.8 Å². The second kappa shape index (κ2) is 4.64. The minimum absolute atomic E-state index is 0.575. The van der Waals surface area contributed by atoms with Crippen molar-refractivity contribution in [3.8, 4) is 0 Å². The first kappa shape index (κ1) is 9.77. The van der Waals surface area contributed by atoms with Crippen LogP contribution in [0, 0.1) is 6.92 Å². The molecule has 0 bridgehead atoms. The molecule has 14 heavy (non-hydrogen) atoms. The third kappa shape index (κ3) is 2.61. The average Bonchev–Trinajstić information content (AvgIpc) is 2.23. The molecule has 0 aromatic carbocycles. The van der Waals surface area contributed by atoms with Crippen LogP contribution in [0.3, 0.4) is 0 Å². The molecular formula is C10H15N3S. The lowest BCUT2D eigenvalue weighted by atomic mass is 10.2. The lowest BCUT2D eigenvalue weighted by Crippen LogP contribution is -2.26. The van der Waals surface area contributed by atoms with Gasteiger partial charge in [-0.3, -0.25) is 0 Å². The van der Waals surface area contributed by atoms with Gasteiger partial charge in [0.15, 0.2) is 0 Å². The van der Waals surface area contributed by atoms with Gasteiger partial charge in [0.2, 0.25) is 0 Å². The van der Waals surface area contributed by atoms with Crippen molar-refractivity contribution >= 4 is 17.6 Å². The molecule has 1 aliphatic rings. The third-order valence-electron chi connectivity index (χ3n) is 2.31. The van der Waals surface area contributed by atoms with Gasteiger partial charge in [-0.05, 0) is 37.7 Å². The van der Waals surface area contributed by atoms with Gasteiger partial charge in [-0.1, -0.05) is 0 Å². The highest BCUT2D eigenvalue weighted by atomic mass is 32.2. The van der Waals surface area contributed by atoms with E-state index in [0.717, 1.165) is 11.5 Å². The summed E-state index contributed by atoms with van der Waals surface area (Å²) in [4.78, 5) is 0. The number of hydrogen-bond donors (Lipinski definition) is 1. The predicted octanol–water partition coefficient (Wildman–Crippen LogP) is 2.09. The molecule has 1 aromatic rings. The Balaban J connectivity index is 1.92. The highest BCUT2D eigenvalue weighted by molar-refractivity contribution is 7.99. The Bertz CT molecular complexity index is 280. The van der Waals surface area contributed by atoms with Crippen LogP contribution in [-0.2, 0) is 0 Å². The van der Waals surface area contributed by atoms with Gasteiger partial charge in [-0.2, -0.15) is 16.9 Å². The lowest BCUT2D eigenvalue weighted by molar-refractivity contribution is 0.680. The van der Waals surface area contributed by atoms with Crippen molar-refractivity contribution in [2.45, 2.75) is 25.8 Å². The summed E-state index contributed by atoms with van der Waals surface area (Å²) in [5, 5.41) is 11.5. The van der Waals surface area contributed by atoms with Crippen molar-refractivity contribution in [2.75, 3.05) is 16.8 Å². The molecule has 1 aliphatic heterocycles. The molecule has 0 saturated carbocycles. The second-order valence-corrected chi connectivity index (χ2v) is 4.77. The molecule has 0 aliphatic carbocycles. The minimum atomic E-state index is 0.575. The second-order valence-electron chi connectivity index (χ2n) is 3.62. The Morgan fingerprint density at radius 3 is 3.00 bits per heavy atom.